The van der Waals surface area contributed by atoms with Crippen molar-refractivity contribution < 1.29 is 0 Å². The van der Waals surface area contributed by atoms with Crippen molar-refractivity contribution in [3.63, 3.8) is 0 Å². The summed E-state index contributed by atoms with van der Waals surface area (Å²) in [5.74, 6) is 1.67. The quantitative estimate of drug-likeness (QED) is 0.820. The van der Waals surface area contributed by atoms with Gasteiger partial charge < -0.3 is 5.32 Å². The molecule has 0 heterocycles. The van der Waals surface area contributed by atoms with Crippen LogP contribution in [0.3, 0.4) is 0 Å². The molecule has 1 fully saturated rings. The highest BCUT2D eigenvalue weighted by Crippen LogP contribution is 2.34. The molecule has 0 radical (unpaired) electrons. The van der Waals surface area contributed by atoms with Gasteiger partial charge in [0.15, 0.2) is 0 Å². The Labute approximate surface area is 99.3 Å². The van der Waals surface area contributed by atoms with Gasteiger partial charge in [0.25, 0.3) is 0 Å². The zero-order valence-electron chi connectivity index (χ0n) is 10.7. The molecule has 0 saturated heterocycles. The number of hydrogen-bond donors (Lipinski definition) is 1. The second kappa shape index (κ2) is 5.01. The van der Waals surface area contributed by atoms with Crippen LogP contribution in [0.5, 0.6) is 0 Å². The molecule has 1 N–H and O–H groups in total. The van der Waals surface area contributed by atoms with Crippen LogP contribution in [0.4, 0.5) is 0 Å². The monoisotopic (exact) mass is 217 g/mol. The molecule has 2 rings (SSSR count). The van der Waals surface area contributed by atoms with Crippen molar-refractivity contribution in [2.75, 3.05) is 7.05 Å². The van der Waals surface area contributed by atoms with Gasteiger partial charge >= 0.3 is 0 Å². The lowest BCUT2D eigenvalue weighted by Crippen LogP contribution is -2.29. The van der Waals surface area contributed by atoms with Gasteiger partial charge in [0.05, 0.1) is 0 Å². The van der Waals surface area contributed by atoms with E-state index in [0.29, 0.717) is 0 Å². The number of benzene rings is 1. The van der Waals surface area contributed by atoms with E-state index >= 15 is 0 Å². The zero-order chi connectivity index (χ0) is 11.5. The molecule has 1 aromatic carbocycles. The molecule has 1 aliphatic rings. The van der Waals surface area contributed by atoms with E-state index in [4.69, 9.17) is 0 Å². The minimum absolute atomic E-state index is 0.731. The maximum Gasteiger partial charge on any atom is 0.00925 e. The van der Waals surface area contributed by atoms with Crippen molar-refractivity contribution in [3.05, 3.63) is 35.4 Å². The van der Waals surface area contributed by atoms with E-state index in [9.17, 15) is 0 Å². The lowest BCUT2D eigenvalue weighted by Gasteiger charge is -2.20. The highest BCUT2D eigenvalue weighted by atomic mass is 14.9. The third-order valence-corrected chi connectivity index (χ3v) is 4.18. The molecule has 3 unspecified atom stereocenters. The van der Waals surface area contributed by atoms with Crippen LogP contribution in [-0.4, -0.2) is 13.1 Å². The molecule has 1 aliphatic carbocycles. The second-order valence-electron chi connectivity index (χ2n) is 5.28. The van der Waals surface area contributed by atoms with Gasteiger partial charge in [0.2, 0.25) is 0 Å². The van der Waals surface area contributed by atoms with E-state index in [2.05, 4.69) is 50.5 Å². The molecule has 0 aliphatic heterocycles. The first-order chi connectivity index (χ1) is 7.70. The maximum atomic E-state index is 3.44. The molecule has 0 amide bonds. The van der Waals surface area contributed by atoms with Gasteiger partial charge in [-0.3, -0.25) is 0 Å². The Kier molecular flexibility index (Phi) is 3.65. The van der Waals surface area contributed by atoms with Gasteiger partial charge in [-0.05, 0) is 50.6 Å². The fraction of sp³-hybridized carbons (Fsp3) is 0.600. The first-order valence-corrected chi connectivity index (χ1v) is 6.43. The van der Waals surface area contributed by atoms with Gasteiger partial charge in [-0.2, -0.15) is 0 Å². The summed E-state index contributed by atoms with van der Waals surface area (Å²) in [6.45, 7) is 4.58. The van der Waals surface area contributed by atoms with Gasteiger partial charge in [0.1, 0.15) is 0 Å². The van der Waals surface area contributed by atoms with Gasteiger partial charge in [-0.15, -0.1) is 0 Å². The van der Waals surface area contributed by atoms with Crippen molar-refractivity contribution in [1.29, 1.82) is 0 Å². The Hall–Kier alpha value is -0.820. The van der Waals surface area contributed by atoms with E-state index in [0.717, 1.165) is 17.9 Å². The molecule has 1 saturated carbocycles. The zero-order valence-corrected chi connectivity index (χ0v) is 10.7. The Morgan fingerprint density at radius 2 is 2.12 bits per heavy atom. The van der Waals surface area contributed by atoms with Gasteiger partial charge in [0, 0.05) is 6.04 Å². The Bertz CT molecular complexity index is 345. The van der Waals surface area contributed by atoms with Crippen LogP contribution < -0.4 is 5.32 Å². The first-order valence-electron chi connectivity index (χ1n) is 6.43. The Morgan fingerprint density at radius 1 is 1.31 bits per heavy atom. The van der Waals surface area contributed by atoms with E-state index in [1.165, 1.54) is 30.4 Å². The molecule has 0 bridgehead atoms. The normalized spacial score (nSPS) is 29.6. The summed E-state index contributed by atoms with van der Waals surface area (Å²) < 4.78 is 0. The molecule has 1 nitrogen and oxygen atoms in total. The van der Waals surface area contributed by atoms with Gasteiger partial charge in [-0.25, -0.2) is 0 Å². The van der Waals surface area contributed by atoms with Crippen molar-refractivity contribution in [2.24, 2.45) is 11.8 Å². The van der Waals surface area contributed by atoms with Crippen LogP contribution >= 0.6 is 0 Å². The average Bonchev–Trinajstić information content (AvgIpc) is 2.60. The van der Waals surface area contributed by atoms with Crippen molar-refractivity contribution in [3.8, 4) is 0 Å². The van der Waals surface area contributed by atoms with E-state index in [1.54, 1.807) is 0 Å². The summed E-state index contributed by atoms with van der Waals surface area (Å²) in [4.78, 5) is 0. The molecule has 3 atom stereocenters. The smallest absolute Gasteiger partial charge is 0.00925 e. The van der Waals surface area contributed by atoms with Crippen LogP contribution in [0.2, 0.25) is 0 Å². The first kappa shape index (κ1) is 11.7. The number of hydrogen-bond acceptors (Lipinski definition) is 1. The Balaban J connectivity index is 2.00. The minimum atomic E-state index is 0.731. The molecule has 1 aromatic rings. The topological polar surface area (TPSA) is 12.0 Å². The van der Waals surface area contributed by atoms with Crippen molar-refractivity contribution >= 4 is 0 Å². The summed E-state index contributed by atoms with van der Waals surface area (Å²) >= 11 is 0. The second-order valence-corrected chi connectivity index (χ2v) is 5.28. The molecule has 0 aromatic heterocycles. The average molecular weight is 217 g/mol. The summed E-state index contributed by atoms with van der Waals surface area (Å²) in [5, 5.41) is 3.44. The third kappa shape index (κ3) is 2.46. The molecular weight excluding hydrogens is 194 g/mol. The SMILES string of the molecule is CNC1CCC(Cc2cccc(C)c2)C1C. The molecule has 16 heavy (non-hydrogen) atoms. The van der Waals surface area contributed by atoms with Crippen molar-refractivity contribution in [1.82, 2.24) is 5.32 Å². The fourth-order valence-electron chi connectivity index (χ4n) is 3.08. The maximum absolute atomic E-state index is 3.44. The van der Waals surface area contributed by atoms with Crippen molar-refractivity contribution in [2.45, 2.75) is 39.2 Å². The lowest BCUT2D eigenvalue weighted by molar-refractivity contribution is 0.364. The predicted molar refractivity (Wildman–Crippen MR) is 69.6 cm³/mol. The Morgan fingerprint density at radius 3 is 2.75 bits per heavy atom. The van der Waals surface area contributed by atoms with Gasteiger partial charge in [-0.1, -0.05) is 36.8 Å². The fourth-order valence-corrected chi connectivity index (χ4v) is 3.08. The standard InChI is InChI=1S/C15H23N/c1-11-5-4-6-13(9-11)10-14-7-8-15(16-3)12(14)2/h4-6,9,12,14-16H,7-8,10H2,1-3H3. The molecule has 88 valence electrons. The number of aryl methyl sites for hydroxylation is 1. The number of nitrogens with one attached hydrogen (secondary N) is 1. The highest BCUT2D eigenvalue weighted by molar-refractivity contribution is 5.22. The molecule has 1 heteroatoms. The van der Waals surface area contributed by atoms with E-state index < -0.39 is 0 Å². The largest absolute Gasteiger partial charge is 0.317 e. The third-order valence-electron chi connectivity index (χ3n) is 4.18. The number of rotatable bonds is 3. The minimum Gasteiger partial charge on any atom is -0.317 e. The van der Waals surface area contributed by atoms with Crippen LogP contribution in [0.1, 0.15) is 30.9 Å². The molecular formula is C15H23N. The van der Waals surface area contributed by atoms with Crippen LogP contribution in [0.25, 0.3) is 0 Å². The summed E-state index contributed by atoms with van der Waals surface area (Å²) in [6.07, 6.45) is 3.97. The summed E-state index contributed by atoms with van der Waals surface area (Å²) in [7, 11) is 2.09. The predicted octanol–water partition coefficient (Wildman–Crippen LogP) is 3.17. The lowest BCUT2D eigenvalue weighted by atomic mass is 9.89. The van der Waals surface area contributed by atoms with Crippen LogP contribution in [-0.2, 0) is 6.42 Å². The van der Waals surface area contributed by atoms with Crippen LogP contribution in [0.15, 0.2) is 24.3 Å². The van der Waals surface area contributed by atoms with Crippen LogP contribution in [0, 0.1) is 18.8 Å². The molecule has 0 spiro atoms. The summed E-state index contributed by atoms with van der Waals surface area (Å²) in [6, 6.07) is 9.69. The highest BCUT2D eigenvalue weighted by Gasteiger charge is 2.31. The van der Waals surface area contributed by atoms with E-state index in [1.807, 2.05) is 0 Å². The van der Waals surface area contributed by atoms with E-state index in [-0.39, 0.29) is 0 Å². The summed E-state index contributed by atoms with van der Waals surface area (Å²) in [5.41, 5.74) is 2.89.